The van der Waals surface area contributed by atoms with Crippen molar-refractivity contribution in [2.24, 2.45) is 0 Å². The fourth-order valence-corrected chi connectivity index (χ4v) is 3.19. The molecule has 25 heavy (non-hydrogen) atoms. The zero-order valence-corrected chi connectivity index (χ0v) is 15.9. The first-order chi connectivity index (χ1) is 12.1. The molecule has 0 radical (unpaired) electrons. The van der Waals surface area contributed by atoms with Crippen molar-refractivity contribution in [2.45, 2.75) is 96.8 Å². The average molecular weight is 349 g/mol. The minimum absolute atomic E-state index is 0.0185. The van der Waals surface area contributed by atoms with Gasteiger partial charge in [0.05, 0.1) is 5.56 Å². The summed E-state index contributed by atoms with van der Waals surface area (Å²) in [5.41, 5.74) is 0.316. The first-order valence-electron chi connectivity index (χ1n) is 10.2. The molecule has 3 nitrogen and oxygen atoms in total. The van der Waals surface area contributed by atoms with Crippen LogP contribution in [0.2, 0.25) is 0 Å². The van der Waals surface area contributed by atoms with Gasteiger partial charge in [-0.2, -0.15) is 0 Å². The second-order valence-corrected chi connectivity index (χ2v) is 7.12. The van der Waals surface area contributed by atoms with Crippen molar-refractivity contribution >= 4 is 5.78 Å². The Balaban J connectivity index is 1.94. The van der Waals surface area contributed by atoms with Crippen LogP contribution in [0, 0.1) is 0 Å². The number of Topliss-reactive ketones (excluding diaryl/α,β-unsaturated/α-hetero) is 1. The van der Waals surface area contributed by atoms with Gasteiger partial charge in [0.2, 0.25) is 0 Å². The van der Waals surface area contributed by atoms with E-state index in [0.29, 0.717) is 12.0 Å². The summed E-state index contributed by atoms with van der Waals surface area (Å²) >= 11 is 0. The first kappa shape index (κ1) is 21.5. The third-order valence-corrected chi connectivity index (χ3v) is 4.79. The summed E-state index contributed by atoms with van der Waals surface area (Å²) in [5.74, 6) is -0.185. The van der Waals surface area contributed by atoms with E-state index in [1.165, 1.54) is 88.8 Å². The zero-order chi connectivity index (χ0) is 18.3. The van der Waals surface area contributed by atoms with Gasteiger partial charge in [0.15, 0.2) is 5.78 Å². The number of unbranched alkanes of at least 4 members (excludes halogenated alkanes) is 12. The van der Waals surface area contributed by atoms with Gasteiger partial charge in [-0.1, -0.05) is 84.0 Å². The lowest BCUT2D eigenvalue weighted by Crippen LogP contribution is -1.99. The molecule has 0 aromatic heterocycles. The molecule has 0 aliphatic rings. The fraction of sp³-hybridized carbons (Fsp3) is 0.682. The highest BCUT2D eigenvalue weighted by molar-refractivity contribution is 5.98. The summed E-state index contributed by atoms with van der Waals surface area (Å²) in [7, 11) is 0. The van der Waals surface area contributed by atoms with Crippen LogP contribution in [0.25, 0.3) is 0 Å². The maximum Gasteiger partial charge on any atom is 0.166 e. The van der Waals surface area contributed by atoms with E-state index in [9.17, 15) is 15.0 Å². The van der Waals surface area contributed by atoms with E-state index in [-0.39, 0.29) is 17.3 Å². The van der Waals surface area contributed by atoms with E-state index in [4.69, 9.17) is 0 Å². The van der Waals surface area contributed by atoms with Crippen LogP contribution >= 0.6 is 0 Å². The Morgan fingerprint density at radius 3 is 1.72 bits per heavy atom. The molecule has 0 amide bonds. The van der Waals surface area contributed by atoms with Gasteiger partial charge in [0.25, 0.3) is 0 Å². The quantitative estimate of drug-likeness (QED) is 0.272. The molecule has 142 valence electrons. The van der Waals surface area contributed by atoms with Gasteiger partial charge in [-0.3, -0.25) is 4.79 Å². The second-order valence-electron chi connectivity index (χ2n) is 7.12. The van der Waals surface area contributed by atoms with Crippen LogP contribution in [0.3, 0.4) is 0 Å². The topological polar surface area (TPSA) is 57.5 Å². The number of hydrogen-bond donors (Lipinski definition) is 2. The second kappa shape index (κ2) is 13.7. The summed E-state index contributed by atoms with van der Waals surface area (Å²) in [5, 5.41) is 18.9. The molecule has 0 bridgehead atoms. The maximum atomic E-state index is 12.0. The number of carbonyl (C=O) groups excluding carboxylic acids is 1. The van der Waals surface area contributed by atoms with Gasteiger partial charge in [0, 0.05) is 12.5 Å². The summed E-state index contributed by atoms with van der Waals surface area (Å²) in [6.45, 7) is 2.26. The molecule has 0 unspecified atom stereocenters. The predicted octanol–water partition coefficient (Wildman–Crippen LogP) is 6.76. The summed E-state index contributed by atoms with van der Waals surface area (Å²) < 4.78 is 0. The SMILES string of the molecule is CCCCCCCCCCCCCCCC(=O)c1ccc(O)cc1O. The summed E-state index contributed by atoms with van der Waals surface area (Å²) in [6, 6.07) is 4.16. The third-order valence-electron chi connectivity index (χ3n) is 4.79. The van der Waals surface area contributed by atoms with Crippen LogP contribution in [-0.4, -0.2) is 16.0 Å². The minimum Gasteiger partial charge on any atom is -0.508 e. The molecule has 0 heterocycles. The van der Waals surface area contributed by atoms with Crippen molar-refractivity contribution in [2.75, 3.05) is 0 Å². The molecular weight excluding hydrogens is 312 g/mol. The molecule has 0 aliphatic heterocycles. The van der Waals surface area contributed by atoms with Crippen LogP contribution in [0.15, 0.2) is 18.2 Å². The van der Waals surface area contributed by atoms with Crippen LogP contribution in [-0.2, 0) is 0 Å². The summed E-state index contributed by atoms with van der Waals surface area (Å²) in [4.78, 5) is 12.0. The zero-order valence-electron chi connectivity index (χ0n) is 15.9. The monoisotopic (exact) mass is 348 g/mol. The van der Waals surface area contributed by atoms with Crippen LogP contribution in [0.4, 0.5) is 0 Å². The van der Waals surface area contributed by atoms with Crippen molar-refractivity contribution < 1.29 is 15.0 Å². The largest absolute Gasteiger partial charge is 0.508 e. The highest BCUT2D eigenvalue weighted by Gasteiger charge is 2.11. The minimum atomic E-state index is -0.125. The van der Waals surface area contributed by atoms with E-state index in [2.05, 4.69) is 6.92 Å². The Morgan fingerprint density at radius 2 is 1.24 bits per heavy atom. The lowest BCUT2D eigenvalue weighted by Gasteiger charge is -2.05. The first-order valence-corrected chi connectivity index (χ1v) is 10.2. The Morgan fingerprint density at radius 1 is 0.760 bits per heavy atom. The molecule has 1 aromatic carbocycles. The molecule has 0 aliphatic carbocycles. The van der Waals surface area contributed by atoms with Crippen molar-refractivity contribution in [3.8, 4) is 11.5 Å². The third kappa shape index (κ3) is 10.2. The molecule has 0 atom stereocenters. The lowest BCUT2D eigenvalue weighted by molar-refractivity contribution is 0.0976. The molecule has 1 aromatic rings. The fourth-order valence-electron chi connectivity index (χ4n) is 3.19. The number of phenolic OH excluding ortho intramolecular Hbond substituents is 2. The van der Waals surface area contributed by atoms with Crippen LogP contribution in [0.1, 0.15) is 107 Å². The number of rotatable bonds is 15. The van der Waals surface area contributed by atoms with Crippen molar-refractivity contribution in [3.63, 3.8) is 0 Å². The lowest BCUT2D eigenvalue weighted by atomic mass is 10.0. The van der Waals surface area contributed by atoms with Gasteiger partial charge in [-0.05, 0) is 18.6 Å². The van der Waals surface area contributed by atoms with Crippen molar-refractivity contribution in [3.05, 3.63) is 23.8 Å². The molecule has 3 heteroatoms. The van der Waals surface area contributed by atoms with E-state index >= 15 is 0 Å². The number of ketones is 1. The Hall–Kier alpha value is -1.51. The van der Waals surface area contributed by atoms with Gasteiger partial charge in [-0.15, -0.1) is 0 Å². The molecule has 0 fully saturated rings. The number of hydrogen-bond acceptors (Lipinski definition) is 3. The highest BCUT2D eigenvalue weighted by atomic mass is 16.3. The molecule has 2 N–H and O–H groups in total. The standard InChI is InChI=1S/C22H36O3/c1-2-3-4-5-6-7-8-9-10-11-12-13-14-15-21(24)20-17-16-19(23)18-22(20)25/h16-18,23,25H,2-15H2,1H3. The van der Waals surface area contributed by atoms with E-state index in [1.54, 1.807) is 0 Å². The number of carbonyl (C=O) groups is 1. The number of aromatic hydroxyl groups is 2. The van der Waals surface area contributed by atoms with Crippen molar-refractivity contribution in [1.29, 1.82) is 0 Å². The van der Waals surface area contributed by atoms with Gasteiger partial charge >= 0.3 is 0 Å². The van der Waals surface area contributed by atoms with Gasteiger partial charge in [-0.25, -0.2) is 0 Å². The normalized spacial score (nSPS) is 10.9. The van der Waals surface area contributed by atoms with Crippen LogP contribution in [0.5, 0.6) is 11.5 Å². The number of phenols is 2. The van der Waals surface area contributed by atoms with E-state index in [1.807, 2.05) is 0 Å². The molecular formula is C22H36O3. The van der Waals surface area contributed by atoms with E-state index < -0.39 is 0 Å². The van der Waals surface area contributed by atoms with Crippen LogP contribution < -0.4 is 0 Å². The molecule has 1 rings (SSSR count). The Labute approximate surface area is 153 Å². The maximum absolute atomic E-state index is 12.0. The molecule has 0 saturated carbocycles. The average Bonchev–Trinajstić information content (AvgIpc) is 2.58. The summed E-state index contributed by atoms with van der Waals surface area (Å²) in [6.07, 6.45) is 17.2. The Bertz CT molecular complexity index is 482. The predicted molar refractivity (Wildman–Crippen MR) is 104 cm³/mol. The smallest absolute Gasteiger partial charge is 0.166 e. The molecule has 0 saturated heterocycles. The Kier molecular flexibility index (Phi) is 11.8. The van der Waals surface area contributed by atoms with Gasteiger partial charge < -0.3 is 10.2 Å². The molecule has 0 spiro atoms. The van der Waals surface area contributed by atoms with Crippen molar-refractivity contribution in [1.82, 2.24) is 0 Å². The van der Waals surface area contributed by atoms with Gasteiger partial charge in [0.1, 0.15) is 11.5 Å². The van der Waals surface area contributed by atoms with E-state index in [0.717, 1.165) is 12.8 Å². The highest BCUT2D eigenvalue weighted by Crippen LogP contribution is 2.24. The number of benzene rings is 1.